The number of hydrogen-bond donors (Lipinski definition) is 1. The van der Waals surface area contributed by atoms with Gasteiger partial charge >= 0.3 is 0 Å². The van der Waals surface area contributed by atoms with Gasteiger partial charge in [-0.05, 0) is 32.2 Å². The van der Waals surface area contributed by atoms with E-state index in [2.05, 4.69) is 12.2 Å². The van der Waals surface area contributed by atoms with Crippen LogP contribution in [0.15, 0.2) is 0 Å². The van der Waals surface area contributed by atoms with Crippen LogP contribution in [0.25, 0.3) is 0 Å². The molecule has 3 nitrogen and oxygen atoms in total. The Hall–Kier alpha value is -0.120. The highest BCUT2D eigenvalue weighted by Crippen LogP contribution is 2.18. The molecule has 14 heavy (non-hydrogen) atoms. The van der Waals surface area contributed by atoms with Gasteiger partial charge in [-0.15, -0.1) is 0 Å². The SMILES string of the molecule is CCNC(COCC)CC1CCOC1. The van der Waals surface area contributed by atoms with Crippen LogP contribution in [-0.2, 0) is 9.47 Å². The van der Waals surface area contributed by atoms with Crippen LogP contribution in [0.4, 0.5) is 0 Å². The topological polar surface area (TPSA) is 30.5 Å². The maximum Gasteiger partial charge on any atom is 0.0619 e. The van der Waals surface area contributed by atoms with E-state index in [1.54, 1.807) is 0 Å². The monoisotopic (exact) mass is 201 g/mol. The second-order valence-electron chi connectivity index (χ2n) is 3.88. The number of nitrogens with one attached hydrogen (secondary N) is 1. The zero-order valence-electron chi connectivity index (χ0n) is 9.42. The summed E-state index contributed by atoms with van der Waals surface area (Å²) in [5.74, 6) is 0.736. The first kappa shape index (κ1) is 12.0. The minimum atomic E-state index is 0.506. The fourth-order valence-electron chi connectivity index (χ4n) is 1.93. The normalized spacial score (nSPS) is 24.0. The number of ether oxygens (including phenoxy) is 2. The third-order valence-corrected chi connectivity index (χ3v) is 2.66. The van der Waals surface area contributed by atoms with Gasteiger partial charge in [0.2, 0.25) is 0 Å². The van der Waals surface area contributed by atoms with Gasteiger partial charge < -0.3 is 14.8 Å². The van der Waals surface area contributed by atoms with Crippen molar-refractivity contribution >= 4 is 0 Å². The molecule has 0 saturated carbocycles. The zero-order chi connectivity index (χ0) is 10.2. The molecule has 1 saturated heterocycles. The zero-order valence-corrected chi connectivity index (χ0v) is 9.42. The molecule has 2 unspecified atom stereocenters. The number of rotatable bonds is 7. The summed E-state index contributed by atoms with van der Waals surface area (Å²) in [5.41, 5.74) is 0. The molecule has 0 bridgehead atoms. The van der Waals surface area contributed by atoms with Crippen LogP contribution in [0, 0.1) is 5.92 Å². The van der Waals surface area contributed by atoms with Gasteiger partial charge in [0.1, 0.15) is 0 Å². The van der Waals surface area contributed by atoms with Crippen molar-refractivity contribution < 1.29 is 9.47 Å². The summed E-state index contributed by atoms with van der Waals surface area (Å²) < 4.78 is 10.8. The maximum absolute atomic E-state index is 5.46. The van der Waals surface area contributed by atoms with E-state index in [9.17, 15) is 0 Å². The summed E-state index contributed by atoms with van der Waals surface area (Å²) in [6.45, 7) is 8.73. The van der Waals surface area contributed by atoms with Crippen LogP contribution >= 0.6 is 0 Å². The van der Waals surface area contributed by atoms with E-state index < -0.39 is 0 Å². The van der Waals surface area contributed by atoms with Gasteiger partial charge in [0.05, 0.1) is 6.61 Å². The molecule has 1 fully saturated rings. The van der Waals surface area contributed by atoms with Crippen molar-refractivity contribution in [2.75, 3.05) is 33.0 Å². The van der Waals surface area contributed by atoms with Crippen molar-refractivity contribution in [3.63, 3.8) is 0 Å². The van der Waals surface area contributed by atoms with Crippen LogP contribution in [0.3, 0.4) is 0 Å². The summed E-state index contributed by atoms with van der Waals surface area (Å²) >= 11 is 0. The van der Waals surface area contributed by atoms with Gasteiger partial charge in [0.25, 0.3) is 0 Å². The van der Waals surface area contributed by atoms with Crippen LogP contribution in [0.1, 0.15) is 26.7 Å². The molecular formula is C11H23NO2. The molecule has 3 heteroatoms. The molecule has 1 aliphatic rings. The molecule has 2 atom stereocenters. The van der Waals surface area contributed by atoms with E-state index in [0.717, 1.165) is 38.9 Å². The Labute approximate surface area is 87.2 Å². The molecule has 0 amide bonds. The molecule has 1 rings (SSSR count). The predicted octanol–water partition coefficient (Wildman–Crippen LogP) is 1.43. The summed E-state index contributed by atoms with van der Waals surface area (Å²) in [4.78, 5) is 0. The highest BCUT2D eigenvalue weighted by molar-refractivity contribution is 4.73. The molecule has 0 radical (unpaired) electrons. The largest absolute Gasteiger partial charge is 0.381 e. The first-order valence-corrected chi connectivity index (χ1v) is 5.75. The molecule has 1 aliphatic heterocycles. The van der Waals surface area contributed by atoms with Crippen molar-refractivity contribution in [3.8, 4) is 0 Å². The number of hydrogen-bond acceptors (Lipinski definition) is 3. The first-order valence-electron chi connectivity index (χ1n) is 5.75. The first-order chi connectivity index (χ1) is 6.86. The van der Waals surface area contributed by atoms with Gasteiger partial charge in [-0.25, -0.2) is 0 Å². The predicted molar refractivity (Wildman–Crippen MR) is 57.5 cm³/mol. The summed E-state index contributed by atoms with van der Waals surface area (Å²) in [7, 11) is 0. The fourth-order valence-corrected chi connectivity index (χ4v) is 1.93. The molecule has 0 aromatic carbocycles. The van der Waals surface area contributed by atoms with Gasteiger partial charge in [0, 0.05) is 25.9 Å². The van der Waals surface area contributed by atoms with E-state index in [1.807, 2.05) is 6.92 Å². The maximum atomic E-state index is 5.46. The summed E-state index contributed by atoms with van der Waals surface area (Å²) in [5, 5.41) is 3.46. The minimum absolute atomic E-state index is 0.506. The van der Waals surface area contributed by atoms with Crippen LogP contribution in [0.2, 0.25) is 0 Å². The Morgan fingerprint density at radius 3 is 2.93 bits per heavy atom. The molecule has 0 aromatic heterocycles. The Morgan fingerprint density at radius 1 is 1.50 bits per heavy atom. The highest BCUT2D eigenvalue weighted by Gasteiger charge is 2.20. The molecule has 0 aromatic rings. The van der Waals surface area contributed by atoms with E-state index in [-0.39, 0.29) is 0 Å². The van der Waals surface area contributed by atoms with E-state index >= 15 is 0 Å². The quantitative estimate of drug-likeness (QED) is 0.676. The molecule has 0 spiro atoms. The van der Waals surface area contributed by atoms with E-state index in [1.165, 1.54) is 12.8 Å². The van der Waals surface area contributed by atoms with Gasteiger partial charge in [-0.3, -0.25) is 0 Å². The fraction of sp³-hybridized carbons (Fsp3) is 1.00. The lowest BCUT2D eigenvalue weighted by molar-refractivity contribution is 0.112. The molecule has 1 N–H and O–H groups in total. The van der Waals surface area contributed by atoms with Crippen LogP contribution in [0.5, 0.6) is 0 Å². The Bertz CT molecular complexity index is 135. The standard InChI is InChI=1S/C11H23NO2/c1-3-12-11(9-13-4-2)7-10-5-6-14-8-10/h10-12H,3-9H2,1-2H3. The van der Waals surface area contributed by atoms with Crippen LogP contribution in [-0.4, -0.2) is 39.0 Å². The Morgan fingerprint density at radius 2 is 2.36 bits per heavy atom. The molecule has 1 heterocycles. The van der Waals surface area contributed by atoms with E-state index in [0.29, 0.717) is 6.04 Å². The van der Waals surface area contributed by atoms with Crippen molar-refractivity contribution in [3.05, 3.63) is 0 Å². The lowest BCUT2D eigenvalue weighted by atomic mass is 9.99. The van der Waals surface area contributed by atoms with Crippen molar-refractivity contribution in [2.24, 2.45) is 5.92 Å². The third kappa shape index (κ3) is 4.40. The Kier molecular flexibility index (Phi) is 6.15. The van der Waals surface area contributed by atoms with Crippen LogP contribution < -0.4 is 5.32 Å². The molecular weight excluding hydrogens is 178 g/mol. The third-order valence-electron chi connectivity index (χ3n) is 2.66. The van der Waals surface area contributed by atoms with Gasteiger partial charge in [-0.2, -0.15) is 0 Å². The van der Waals surface area contributed by atoms with Crippen molar-refractivity contribution in [1.82, 2.24) is 5.32 Å². The lowest BCUT2D eigenvalue weighted by Gasteiger charge is -2.20. The highest BCUT2D eigenvalue weighted by atomic mass is 16.5. The summed E-state index contributed by atoms with van der Waals surface area (Å²) in [6, 6.07) is 0.506. The average Bonchev–Trinajstić information content (AvgIpc) is 2.67. The van der Waals surface area contributed by atoms with E-state index in [4.69, 9.17) is 9.47 Å². The minimum Gasteiger partial charge on any atom is -0.381 e. The van der Waals surface area contributed by atoms with Crippen molar-refractivity contribution in [1.29, 1.82) is 0 Å². The second-order valence-corrected chi connectivity index (χ2v) is 3.88. The van der Waals surface area contributed by atoms with Crippen molar-refractivity contribution in [2.45, 2.75) is 32.7 Å². The van der Waals surface area contributed by atoms with Gasteiger partial charge in [0.15, 0.2) is 0 Å². The average molecular weight is 201 g/mol. The van der Waals surface area contributed by atoms with Gasteiger partial charge in [-0.1, -0.05) is 6.92 Å². The molecule has 0 aliphatic carbocycles. The lowest BCUT2D eigenvalue weighted by Crippen LogP contribution is -2.35. The molecule has 84 valence electrons. The Balaban J connectivity index is 2.18. The second kappa shape index (κ2) is 7.21. The smallest absolute Gasteiger partial charge is 0.0619 e. The summed E-state index contributed by atoms with van der Waals surface area (Å²) in [6.07, 6.45) is 2.40. The number of likely N-dealkylation sites (N-methyl/N-ethyl adjacent to an activating group) is 1.